The van der Waals surface area contributed by atoms with Crippen molar-refractivity contribution < 1.29 is 4.79 Å². The standard InChI is InChI=1S/C21H25N5OS/c1-15-5-6-17(20(22)27)21(24-15)28-14-13-25-9-11-26(12-10-25)19-4-2-3-18-16(19)7-8-23-18/h2-8,23H,9-14H2,1H3,(H2,22,27). The van der Waals surface area contributed by atoms with Crippen LogP contribution in [0.2, 0.25) is 0 Å². The Morgan fingerprint density at radius 1 is 1.18 bits per heavy atom. The number of benzene rings is 1. The van der Waals surface area contributed by atoms with E-state index in [2.05, 4.69) is 44.0 Å². The van der Waals surface area contributed by atoms with E-state index in [1.807, 2.05) is 19.2 Å². The predicted molar refractivity (Wildman–Crippen MR) is 115 cm³/mol. The molecule has 1 aliphatic heterocycles. The van der Waals surface area contributed by atoms with E-state index in [9.17, 15) is 4.79 Å². The van der Waals surface area contributed by atoms with Gasteiger partial charge in [0.15, 0.2) is 0 Å². The SMILES string of the molecule is Cc1ccc(C(N)=O)c(SCCN2CCN(c3cccc4[nH]ccc34)CC2)n1. The summed E-state index contributed by atoms with van der Waals surface area (Å²) >= 11 is 1.61. The average Bonchev–Trinajstić information content (AvgIpc) is 3.17. The largest absolute Gasteiger partial charge is 0.368 e. The zero-order valence-electron chi connectivity index (χ0n) is 16.0. The average molecular weight is 396 g/mol. The molecule has 0 bridgehead atoms. The molecule has 1 aromatic carbocycles. The van der Waals surface area contributed by atoms with Gasteiger partial charge in [0, 0.05) is 67.0 Å². The fourth-order valence-corrected chi connectivity index (χ4v) is 4.73. The van der Waals surface area contributed by atoms with Crippen LogP contribution < -0.4 is 10.6 Å². The summed E-state index contributed by atoms with van der Waals surface area (Å²) < 4.78 is 0. The Kier molecular flexibility index (Phi) is 5.54. The molecule has 0 radical (unpaired) electrons. The number of amides is 1. The highest BCUT2D eigenvalue weighted by Crippen LogP contribution is 2.27. The third kappa shape index (κ3) is 4.00. The van der Waals surface area contributed by atoms with Gasteiger partial charge in [-0.2, -0.15) is 0 Å². The van der Waals surface area contributed by atoms with Crippen LogP contribution in [0.4, 0.5) is 5.69 Å². The predicted octanol–water partition coefficient (Wildman–Crippen LogP) is 2.88. The molecule has 0 atom stereocenters. The minimum Gasteiger partial charge on any atom is -0.368 e. The number of rotatable bonds is 6. The van der Waals surface area contributed by atoms with Crippen LogP contribution >= 0.6 is 11.8 Å². The second-order valence-corrected chi connectivity index (χ2v) is 8.15. The molecule has 6 nitrogen and oxygen atoms in total. The number of nitrogens with zero attached hydrogens (tertiary/aromatic N) is 3. The van der Waals surface area contributed by atoms with Crippen LogP contribution in [0.5, 0.6) is 0 Å². The number of H-pyrrole nitrogens is 1. The summed E-state index contributed by atoms with van der Waals surface area (Å²) in [5.74, 6) is 0.479. The molecule has 1 saturated heterocycles. The Balaban J connectivity index is 1.31. The van der Waals surface area contributed by atoms with Gasteiger partial charge in [-0.15, -0.1) is 11.8 Å². The lowest BCUT2D eigenvalue weighted by Gasteiger charge is -2.36. The van der Waals surface area contributed by atoms with Crippen molar-refractivity contribution >= 4 is 34.3 Å². The molecule has 0 aliphatic carbocycles. The molecular weight excluding hydrogens is 370 g/mol. The van der Waals surface area contributed by atoms with Crippen LogP contribution in [-0.4, -0.2) is 59.3 Å². The van der Waals surface area contributed by atoms with Gasteiger partial charge in [0.05, 0.1) is 5.56 Å². The summed E-state index contributed by atoms with van der Waals surface area (Å²) in [4.78, 5) is 24.3. The highest BCUT2D eigenvalue weighted by atomic mass is 32.2. The van der Waals surface area contributed by atoms with E-state index < -0.39 is 5.91 Å². The smallest absolute Gasteiger partial charge is 0.251 e. The van der Waals surface area contributed by atoms with E-state index in [1.54, 1.807) is 17.8 Å². The number of aryl methyl sites for hydroxylation is 1. The van der Waals surface area contributed by atoms with Crippen LogP contribution in [0.1, 0.15) is 16.1 Å². The maximum Gasteiger partial charge on any atom is 0.251 e. The van der Waals surface area contributed by atoms with Crippen molar-refractivity contribution in [3.8, 4) is 0 Å². The highest BCUT2D eigenvalue weighted by molar-refractivity contribution is 7.99. The Bertz CT molecular complexity index is 978. The lowest BCUT2D eigenvalue weighted by atomic mass is 10.2. The van der Waals surface area contributed by atoms with Gasteiger partial charge < -0.3 is 15.6 Å². The summed E-state index contributed by atoms with van der Waals surface area (Å²) in [6, 6.07) is 12.2. The monoisotopic (exact) mass is 395 g/mol. The number of fused-ring (bicyclic) bond motifs is 1. The molecule has 1 amide bonds. The van der Waals surface area contributed by atoms with Gasteiger partial charge in [-0.1, -0.05) is 6.07 Å². The Hall–Kier alpha value is -2.51. The van der Waals surface area contributed by atoms with Gasteiger partial charge in [-0.3, -0.25) is 9.69 Å². The molecule has 2 aromatic heterocycles. The van der Waals surface area contributed by atoms with Gasteiger partial charge in [-0.05, 0) is 37.3 Å². The van der Waals surface area contributed by atoms with Crippen molar-refractivity contribution in [2.24, 2.45) is 5.73 Å². The molecule has 1 aliphatic rings. The van der Waals surface area contributed by atoms with Gasteiger partial charge >= 0.3 is 0 Å². The van der Waals surface area contributed by atoms with Crippen molar-refractivity contribution in [1.29, 1.82) is 0 Å². The summed E-state index contributed by atoms with van der Waals surface area (Å²) in [7, 11) is 0. The maximum atomic E-state index is 11.6. The number of hydrogen-bond acceptors (Lipinski definition) is 5. The van der Waals surface area contributed by atoms with E-state index in [1.165, 1.54) is 16.6 Å². The number of aromatic nitrogens is 2. The molecule has 1 fully saturated rings. The van der Waals surface area contributed by atoms with Gasteiger partial charge in [0.2, 0.25) is 0 Å². The van der Waals surface area contributed by atoms with E-state index in [0.29, 0.717) is 5.56 Å². The molecule has 3 N–H and O–H groups in total. The minimum absolute atomic E-state index is 0.414. The quantitative estimate of drug-likeness (QED) is 0.628. The summed E-state index contributed by atoms with van der Waals surface area (Å²) in [6.07, 6.45) is 2.00. The van der Waals surface area contributed by atoms with Gasteiger partial charge in [0.25, 0.3) is 5.91 Å². The molecule has 0 unspecified atom stereocenters. The zero-order valence-corrected chi connectivity index (χ0v) is 16.8. The number of carbonyl (C=O) groups excluding carboxylic acids is 1. The molecule has 3 aromatic rings. The fourth-order valence-electron chi connectivity index (χ4n) is 3.66. The number of thioether (sulfide) groups is 1. The minimum atomic E-state index is -0.414. The summed E-state index contributed by atoms with van der Waals surface area (Å²) in [5.41, 5.74) is 9.38. The van der Waals surface area contributed by atoms with Crippen molar-refractivity contribution in [2.75, 3.05) is 43.4 Å². The van der Waals surface area contributed by atoms with Crippen molar-refractivity contribution in [2.45, 2.75) is 11.9 Å². The first kappa shape index (κ1) is 18.8. The first-order valence-corrected chi connectivity index (χ1v) is 10.5. The van der Waals surface area contributed by atoms with E-state index in [0.717, 1.165) is 49.2 Å². The van der Waals surface area contributed by atoms with Gasteiger partial charge in [0.1, 0.15) is 5.03 Å². The number of carbonyl (C=O) groups is 1. The molecule has 0 saturated carbocycles. The number of hydrogen-bond donors (Lipinski definition) is 2. The first-order chi connectivity index (χ1) is 13.6. The fraction of sp³-hybridized carbons (Fsp3) is 0.333. The molecular formula is C21H25N5OS. The van der Waals surface area contributed by atoms with Crippen molar-refractivity contribution in [3.63, 3.8) is 0 Å². The van der Waals surface area contributed by atoms with Crippen molar-refractivity contribution in [1.82, 2.24) is 14.9 Å². The lowest BCUT2D eigenvalue weighted by Crippen LogP contribution is -2.47. The van der Waals surface area contributed by atoms with Crippen LogP contribution in [0.15, 0.2) is 47.6 Å². The van der Waals surface area contributed by atoms with Crippen LogP contribution in [0.3, 0.4) is 0 Å². The lowest BCUT2D eigenvalue weighted by molar-refractivity contribution is 0.0997. The first-order valence-electron chi connectivity index (χ1n) is 9.55. The number of primary amides is 1. The highest BCUT2D eigenvalue weighted by Gasteiger charge is 2.19. The number of anilines is 1. The second-order valence-electron chi connectivity index (χ2n) is 7.06. The Morgan fingerprint density at radius 3 is 2.79 bits per heavy atom. The zero-order chi connectivity index (χ0) is 19.5. The third-order valence-corrected chi connectivity index (χ3v) is 6.17. The van der Waals surface area contributed by atoms with Crippen LogP contribution in [0, 0.1) is 6.92 Å². The number of nitrogens with one attached hydrogen (secondary N) is 1. The molecule has 3 heterocycles. The number of aromatic amines is 1. The molecule has 4 rings (SSSR count). The molecule has 28 heavy (non-hydrogen) atoms. The van der Waals surface area contributed by atoms with E-state index in [4.69, 9.17) is 5.73 Å². The Labute approximate surface area is 169 Å². The van der Waals surface area contributed by atoms with Crippen molar-refractivity contribution in [3.05, 3.63) is 53.9 Å². The molecule has 0 spiro atoms. The third-order valence-electron chi connectivity index (χ3n) is 5.20. The van der Waals surface area contributed by atoms with E-state index in [-0.39, 0.29) is 0 Å². The topological polar surface area (TPSA) is 78.3 Å². The number of nitrogens with two attached hydrogens (primary N) is 1. The number of piperazine rings is 1. The Morgan fingerprint density at radius 2 is 2.00 bits per heavy atom. The summed E-state index contributed by atoms with van der Waals surface area (Å²) in [5, 5.41) is 2.03. The molecule has 7 heteroatoms. The second kappa shape index (κ2) is 8.24. The van der Waals surface area contributed by atoms with Crippen LogP contribution in [-0.2, 0) is 0 Å². The normalized spacial score (nSPS) is 15.2. The maximum absolute atomic E-state index is 11.6. The molecule has 146 valence electrons. The van der Waals surface area contributed by atoms with Crippen LogP contribution in [0.25, 0.3) is 10.9 Å². The number of pyridine rings is 1. The van der Waals surface area contributed by atoms with Gasteiger partial charge in [-0.25, -0.2) is 4.98 Å². The van der Waals surface area contributed by atoms with E-state index >= 15 is 0 Å². The summed E-state index contributed by atoms with van der Waals surface area (Å²) in [6.45, 7) is 7.00.